The summed E-state index contributed by atoms with van der Waals surface area (Å²) in [5, 5.41) is 8.80. The molecule has 0 aliphatic carbocycles. The Morgan fingerprint density at radius 2 is 1.90 bits per heavy atom. The van der Waals surface area contributed by atoms with Crippen molar-refractivity contribution >= 4 is 10.0 Å². The van der Waals surface area contributed by atoms with E-state index in [9.17, 15) is 17.2 Å². The van der Waals surface area contributed by atoms with Crippen LogP contribution in [-0.4, -0.2) is 50.6 Å². The minimum absolute atomic E-state index is 0.116. The fourth-order valence-electron chi connectivity index (χ4n) is 1.60. The first-order chi connectivity index (χ1) is 9.41. The van der Waals surface area contributed by atoms with Crippen molar-refractivity contribution in [3.8, 4) is 5.75 Å². The van der Waals surface area contributed by atoms with Gasteiger partial charge in [0.25, 0.3) is 6.43 Å². The van der Waals surface area contributed by atoms with E-state index in [4.69, 9.17) is 9.84 Å². The summed E-state index contributed by atoms with van der Waals surface area (Å²) in [4.78, 5) is -0.116. The van der Waals surface area contributed by atoms with Gasteiger partial charge in [-0.2, -0.15) is 4.31 Å². The number of hydrogen-bond donors (Lipinski definition) is 1. The number of ether oxygens (including phenoxy) is 1. The fourth-order valence-corrected chi connectivity index (χ4v) is 3.01. The molecule has 0 amide bonds. The molecule has 0 fully saturated rings. The predicted octanol–water partition coefficient (Wildman–Crippen LogP) is 1.33. The van der Waals surface area contributed by atoms with E-state index in [1.165, 1.54) is 24.3 Å². The number of halogens is 2. The summed E-state index contributed by atoms with van der Waals surface area (Å²) in [6, 6.07) is 5.48. The third-order valence-corrected chi connectivity index (χ3v) is 4.34. The Bertz CT molecular complexity index is 505. The predicted molar refractivity (Wildman–Crippen MR) is 69.5 cm³/mol. The fraction of sp³-hybridized carbons (Fsp3) is 0.500. The van der Waals surface area contributed by atoms with Crippen molar-refractivity contribution in [1.29, 1.82) is 0 Å². The van der Waals surface area contributed by atoms with Gasteiger partial charge in [0.1, 0.15) is 5.75 Å². The number of sulfonamides is 1. The van der Waals surface area contributed by atoms with Crippen LogP contribution in [0.25, 0.3) is 0 Å². The zero-order chi connectivity index (χ0) is 15.2. The Labute approximate surface area is 116 Å². The number of aliphatic hydroxyl groups is 1. The van der Waals surface area contributed by atoms with Crippen molar-refractivity contribution < 1.29 is 27.0 Å². The lowest BCUT2D eigenvalue weighted by molar-refractivity contribution is 0.113. The van der Waals surface area contributed by atoms with Gasteiger partial charge in [-0.25, -0.2) is 17.2 Å². The lowest BCUT2D eigenvalue weighted by Gasteiger charge is -2.20. The van der Waals surface area contributed by atoms with Crippen molar-refractivity contribution in [2.45, 2.75) is 18.2 Å². The number of alkyl halides is 2. The first kappa shape index (κ1) is 16.8. The van der Waals surface area contributed by atoms with E-state index >= 15 is 0 Å². The van der Waals surface area contributed by atoms with Crippen LogP contribution < -0.4 is 4.74 Å². The van der Waals surface area contributed by atoms with E-state index in [0.29, 0.717) is 16.7 Å². The largest absolute Gasteiger partial charge is 0.494 e. The van der Waals surface area contributed by atoms with Crippen LogP contribution in [0, 0.1) is 0 Å². The maximum atomic E-state index is 12.4. The molecule has 20 heavy (non-hydrogen) atoms. The molecule has 0 atom stereocenters. The molecule has 0 unspecified atom stereocenters. The molecule has 5 nitrogen and oxygen atoms in total. The number of hydrogen-bond acceptors (Lipinski definition) is 4. The topological polar surface area (TPSA) is 66.8 Å². The van der Waals surface area contributed by atoms with Crippen LogP contribution in [0.1, 0.15) is 6.92 Å². The monoisotopic (exact) mass is 309 g/mol. The summed E-state index contributed by atoms with van der Waals surface area (Å²) in [7, 11) is -4.05. The number of nitrogens with zero attached hydrogens (tertiary/aromatic N) is 1. The molecule has 1 N–H and O–H groups in total. The molecule has 1 aromatic carbocycles. The minimum Gasteiger partial charge on any atom is -0.494 e. The van der Waals surface area contributed by atoms with Crippen LogP contribution in [0.15, 0.2) is 29.2 Å². The molecular weight excluding hydrogens is 292 g/mol. The van der Waals surface area contributed by atoms with Crippen molar-refractivity contribution in [1.82, 2.24) is 4.31 Å². The number of benzene rings is 1. The van der Waals surface area contributed by atoms with Crippen LogP contribution in [0.3, 0.4) is 0 Å². The van der Waals surface area contributed by atoms with Gasteiger partial charge in [0.05, 0.1) is 24.7 Å². The Hall–Kier alpha value is -1.25. The van der Waals surface area contributed by atoms with Gasteiger partial charge < -0.3 is 9.84 Å². The van der Waals surface area contributed by atoms with E-state index in [2.05, 4.69) is 0 Å². The Morgan fingerprint density at radius 3 is 2.35 bits per heavy atom. The lowest BCUT2D eigenvalue weighted by atomic mass is 10.3. The Balaban J connectivity index is 2.99. The van der Waals surface area contributed by atoms with Gasteiger partial charge in [-0.05, 0) is 31.2 Å². The second-order valence-corrected chi connectivity index (χ2v) is 5.82. The second-order valence-electron chi connectivity index (χ2n) is 3.88. The highest BCUT2D eigenvalue weighted by atomic mass is 32.2. The summed E-state index contributed by atoms with van der Waals surface area (Å²) in [6.07, 6.45) is -2.81. The molecule has 0 aliphatic rings. The van der Waals surface area contributed by atoms with Gasteiger partial charge in [0.15, 0.2) is 0 Å². The molecule has 0 bridgehead atoms. The van der Waals surface area contributed by atoms with Crippen LogP contribution in [-0.2, 0) is 10.0 Å². The number of aliphatic hydroxyl groups excluding tert-OH is 1. The molecule has 1 aromatic rings. The third-order valence-electron chi connectivity index (χ3n) is 2.46. The van der Waals surface area contributed by atoms with Crippen LogP contribution in [0.2, 0.25) is 0 Å². The standard InChI is InChI=1S/C12H17F2NO4S/c1-2-19-10-3-5-11(6-4-10)20(17,18)15(7-8-16)9-12(13)14/h3-6,12,16H,2,7-9H2,1H3. The van der Waals surface area contributed by atoms with E-state index in [1.54, 1.807) is 6.92 Å². The molecule has 0 heterocycles. The van der Waals surface area contributed by atoms with Gasteiger partial charge in [0.2, 0.25) is 10.0 Å². The highest BCUT2D eigenvalue weighted by Gasteiger charge is 2.26. The van der Waals surface area contributed by atoms with Crippen molar-refractivity contribution in [2.75, 3.05) is 26.3 Å². The van der Waals surface area contributed by atoms with Crippen molar-refractivity contribution in [3.63, 3.8) is 0 Å². The van der Waals surface area contributed by atoms with E-state index in [1.807, 2.05) is 0 Å². The summed E-state index contributed by atoms with van der Waals surface area (Å²) < 4.78 is 54.9. The molecule has 0 spiro atoms. The van der Waals surface area contributed by atoms with Gasteiger partial charge in [0, 0.05) is 6.54 Å². The zero-order valence-corrected chi connectivity index (χ0v) is 11.8. The smallest absolute Gasteiger partial charge is 0.252 e. The van der Waals surface area contributed by atoms with Gasteiger partial charge in [-0.3, -0.25) is 0 Å². The molecule has 0 radical (unpaired) electrons. The average molecular weight is 309 g/mol. The molecular formula is C12H17F2NO4S. The quantitative estimate of drug-likeness (QED) is 0.787. The van der Waals surface area contributed by atoms with Gasteiger partial charge >= 0.3 is 0 Å². The summed E-state index contributed by atoms with van der Waals surface area (Å²) in [5.41, 5.74) is 0. The highest BCUT2D eigenvalue weighted by Crippen LogP contribution is 2.20. The normalized spacial score (nSPS) is 12.1. The highest BCUT2D eigenvalue weighted by molar-refractivity contribution is 7.89. The summed E-state index contributed by atoms with van der Waals surface area (Å²) in [6.45, 7) is 0.378. The molecule has 0 saturated heterocycles. The average Bonchev–Trinajstić information content (AvgIpc) is 2.39. The molecule has 0 saturated carbocycles. The molecule has 1 rings (SSSR count). The van der Waals surface area contributed by atoms with Crippen LogP contribution in [0.4, 0.5) is 8.78 Å². The van der Waals surface area contributed by atoms with Gasteiger partial charge in [-0.1, -0.05) is 0 Å². The zero-order valence-electron chi connectivity index (χ0n) is 11.0. The number of rotatable bonds is 8. The Morgan fingerprint density at radius 1 is 1.30 bits per heavy atom. The van der Waals surface area contributed by atoms with Gasteiger partial charge in [-0.15, -0.1) is 0 Å². The van der Waals surface area contributed by atoms with E-state index < -0.39 is 29.6 Å². The summed E-state index contributed by atoms with van der Waals surface area (Å²) in [5.74, 6) is 0.494. The lowest BCUT2D eigenvalue weighted by Crippen LogP contribution is -2.37. The molecule has 0 aromatic heterocycles. The van der Waals surface area contributed by atoms with Crippen LogP contribution >= 0.6 is 0 Å². The first-order valence-corrected chi connectivity index (χ1v) is 7.47. The Kier molecular flexibility index (Phi) is 6.31. The van der Waals surface area contributed by atoms with E-state index in [-0.39, 0.29) is 11.4 Å². The van der Waals surface area contributed by atoms with Crippen molar-refractivity contribution in [2.24, 2.45) is 0 Å². The maximum Gasteiger partial charge on any atom is 0.252 e. The molecule has 114 valence electrons. The SMILES string of the molecule is CCOc1ccc(S(=O)(=O)N(CCO)CC(F)F)cc1. The maximum absolute atomic E-state index is 12.4. The minimum atomic E-state index is -4.05. The van der Waals surface area contributed by atoms with Crippen LogP contribution in [0.5, 0.6) is 5.75 Å². The summed E-state index contributed by atoms with van der Waals surface area (Å²) >= 11 is 0. The molecule has 8 heteroatoms. The first-order valence-electron chi connectivity index (χ1n) is 6.03. The third kappa shape index (κ3) is 4.39. The van der Waals surface area contributed by atoms with E-state index in [0.717, 1.165) is 0 Å². The van der Waals surface area contributed by atoms with Crippen molar-refractivity contribution in [3.05, 3.63) is 24.3 Å². The second kappa shape index (κ2) is 7.51. The molecule has 0 aliphatic heterocycles.